The van der Waals surface area contributed by atoms with E-state index in [-0.39, 0.29) is 12.5 Å². The number of amides is 1. The van der Waals surface area contributed by atoms with Crippen LogP contribution >= 0.6 is 0 Å². The molecular formula is C10H18N2O. The third-order valence-corrected chi connectivity index (χ3v) is 3.49. The Morgan fingerprint density at radius 2 is 2.08 bits per heavy atom. The maximum absolute atomic E-state index is 11.5. The van der Waals surface area contributed by atoms with Crippen molar-refractivity contribution in [1.29, 1.82) is 0 Å². The Kier molecular flexibility index (Phi) is 2.54. The van der Waals surface area contributed by atoms with Gasteiger partial charge in [-0.2, -0.15) is 0 Å². The molecule has 0 radical (unpaired) electrons. The molecular weight excluding hydrogens is 164 g/mol. The van der Waals surface area contributed by atoms with E-state index in [1.165, 1.54) is 32.1 Å². The molecule has 1 heterocycles. The van der Waals surface area contributed by atoms with E-state index in [0.29, 0.717) is 6.04 Å². The van der Waals surface area contributed by atoms with Crippen LogP contribution in [-0.2, 0) is 4.79 Å². The zero-order valence-electron chi connectivity index (χ0n) is 8.04. The lowest BCUT2D eigenvalue weighted by molar-refractivity contribution is -0.134. The number of nitrogens with zero attached hydrogens (tertiary/aromatic N) is 1. The van der Waals surface area contributed by atoms with Crippen LogP contribution in [-0.4, -0.2) is 29.9 Å². The van der Waals surface area contributed by atoms with Crippen LogP contribution < -0.4 is 5.73 Å². The van der Waals surface area contributed by atoms with Gasteiger partial charge in [-0.05, 0) is 31.6 Å². The zero-order valence-corrected chi connectivity index (χ0v) is 8.04. The van der Waals surface area contributed by atoms with E-state index in [2.05, 4.69) is 0 Å². The van der Waals surface area contributed by atoms with E-state index < -0.39 is 0 Å². The lowest BCUT2D eigenvalue weighted by atomic mass is 9.92. The number of carbonyl (C=O) groups excluding carboxylic acids is 1. The molecule has 0 bridgehead atoms. The molecule has 3 nitrogen and oxygen atoms in total. The Morgan fingerprint density at radius 3 is 2.85 bits per heavy atom. The number of fused-ring (bicyclic) bond motifs is 1. The van der Waals surface area contributed by atoms with Crippen molar-refractivity contribution in [2.24, 2.45) is 11.7 Å². The van der Waals surface area contributed by atoms with Gasteiger partial charge in [-0.15, -0.1) is 0 Å². The van der Waals surface area contributed by atoms with Crippen LogP contribution in [0.3, 0.4) is 0 Å². The summed E-state index contributed by atoms with van der Waals surface area (Å²) in [7, 11) is 0. The summed E-state index contributed by atoms with van der Waals surface area (Å²) >= 11 is 0. The minimum Gasteiger partial charge on any atom is -0.338 e. The Labute approximate surface area is 79.3 Å². The Hall–Kier alpha value is -0.570. The lowest BCUT2D eigenvalue weighted by Gasteiger charge is -2.37. The molecule has 13 heavy (non-hydrogen) atoms. The maximum atomic E-state index is 11.5. The molecule has 2 N–H and O–H groups in total. The fourth-order valence-electron chi connectivity index (χ4n) is 2.88. The van der Waals surface area contributed by atoms with Gasteiger partial charge < -0.3 is 10.6 Å². The van der Waals surface area contributed by atoms with Gasteiger partial charge in [0.2, 0.25) is 5.91 Å². The molecule has 0 aromatic rings. The van der Waals surface area contributed by atoms with Crippen molar-refractivity contribution in [2.45, 2.75) is 38.1 Å². The molecule has 74 valence electrons. The summed E-state index contributed by atoms with van der Waals surface area (Å²) in [5, 5.41) is 0. The highest BCUT2D eigenvalue weighted by Gasteiger charge is 2.36. The molecule has 0 aromatic heterocycles. The summed E-state index contributed by atoms with van der Waals surface area (Å²) in [6, 6.07) is 0.532. The normalized spacial score (nSPS) is 33.2. The Bertz CT molecular complexity index is 205. The highest BCUT2D eigenvalue weighted by Crippen LogP contribution is 2.36. The molecule has 2 atom stereocenters. The van der Waals surface area contributed by atoms with Crippen LogP contribution in [0.15, 0.2) is 0 Å². The van der Waals surface area contributed by atoms with Crippen LogP contribution in [0.25, 0.3) is 0 Å². The van der Waals surface area contributed by atoms with E-state index in [1.54, 1.807) is 0 Å². The van der Waals surface area contributed by atoms with E-state index in [0.717, 1.165) is 12.5 Å². The van der Waals surface area contributed by atoms with E-state index in [9.17, 15) is 4.79 Å². The molecule has 1 aliphatic heterocycles. The van der Waals surface area contributed by atoms with Crippen molar-refractivity contribution >= 4 is 5.91 Å². The average Bonchev–Trinajstić information content (AvgIpc) is 2.63. The van der Waals surface area contributed by atoms with Gasteiger partial charge in [0.15, 0.2) is 0 Å². The number of hydrogen-bond donors (Lipinski definition) is 1. The van der Waals surface area contributed by atoms with Crippen molar-refractivity contribution in [3.63, 3.8) is 0 Å². The first kappa shape index (κ1) is 9.00. The molecule has 0 spiro atoms. The van der Waals surface area contributed by atoms with Crippen LogP contribution in [0.1, 0.15) is 32.1 Å². The molecule has 3 heteroatoms. The predicted molar refractivity (Wildman–Crippen MR) is 51.1 cm³/mol. The molecule has 1 saturated heterocycles. The average molecular weight is 182 g/mol. The van der Waals surface area contributed by atoms with Gasteiger partial charge in [-0.3, -0.25) is 4.79 Å². The zero-order chi connectivity index (χ0) is 9.26. The van der Waals surface area contributed by atoms with Crippen molar-refractivity contribution in [3.8, 4) is 0 Å². The number of piperidine rings is 1. The maximum Gasteiger partial charge on any atom is 0.236 e. The molecule has 0 aromatic carbocycles. The molecule has 2 fully saturated rings. The second-order valence-electron chi connectivity index (χ2n) is 4.19. The second kappa shape index (κ2) is 3.66. The summed E-state index contributed by atoms with van der Waals surface area (Å²) < 4.78 is 0. The summed E-state index contributed by atoms with van der Waals surface area (Å²) in [4.78, 5) is 13.5. The van der Waals surface area contributed by atoms with Crippen LogP contribution in [0.2, 0.25) is 0 Å². The number of carbonyl (C=O) groups is 1. The summed E-state index contributed by atoms with van der Waals surface area (Å²) in [6.07, 6.45) is 6.31. The SMILES string of the molecule is NCC(=O)N1CCC[C@@H]2CCC[C@@H]21. The third-order valence-electron chi connectivity index (χ3n) is 3.49. The van der Waals surface area contributed by atoms with Crippen molar-refractivity contribution in [3.05, 3.63) is 0 Å². The molecule has 2 aliphatic rings. The van der Waals surface area contributed by atoms with E-state index >= 15 is 0 Å². The van der Waals surface area contributed by atoms with Gasteiger partial charge in [0.05, 0.1) is 6.54 Å². The second-order valence-corrected chi connectivity index (χ2v) is 4.19. The van der Waals surface area contributed by atoms with Crippen molar-refractivity contribution in [2.75, 3.05) is 13.1 Å². The Balaban J connectivity index is 2.05. The summed E-state index contributed by atoms with van der Waals surface area (Å²) in [6.45, 7) is 1.13. The minimum absolute atomic E-state index is 0.150. The van der Waals surface area contributed by atoms with Gasteiger partial charge in [0.1, 0.15) is 0 Å². The minimum atomic E-state index is 0.150. The third kappa shape index (κ3) is 1.57. The number of likely N-dealkylation sites (tertiary alicyclic amines) is 1. The first-order valence-corrected chi connectivity index (χ1v) is 5.32. The number of nitrogens with two attached hydrogens (primary N) is 1. The van der Waals surface area contributed by atoms with E-state index in [4.69, 9.17) is 5.73 Å². The highest BCUT2D eigenvalue weighted by atomic mass is 16.2. The first-order chi connectivity index (χ1) is 6.33. The fourth-order valence-corrected chi connectivity index (χ4v) is 2.88. The van der Waals surface area contributed by atoms with Crippen LogP contribution in [0.4, 0.5) is 0 Å². The standard InChI is InChI=1S/C10H18N2O/c11-7-10(13)12-6-2-4-8-3-1-5-9(8)12/h8-9H,1-7,11H2/t8-,9-/m0/s1. The van der Waals surface area contributed by atoms with Crippen molar-refractivity contribution < 1.29 is 4.79 Å². The van der Waals surface area contributed by atoms with E-state index in [1.807, 2.05) is 4.90 Å². The van der Waals surface area contributed by atoms with Gasteiger partial charge in [0.25, 0.3) is 0 Å². The number of hydrogen-bond acceptors (Lipinski definition) is 2. The van der Waals surface area contributed by atoms with Gasteiger partial charge in [-0.1, -0.05) is 6.42 Å². The predicted octanol–water partition coefficient (Wildman–Crippen LogP) is 0.736. The molecule has 1 saturated carbocycles. The molecule has 2 rings (SSSR count). The Morgan fingerprint density at radius 1 is 1.31 bits per heavy atom. The lowest BCUT2D eigenvalue weighted by Crippen LogP contribution is -2.48. The van der Waals surface area contributed by atoms with Crippen LogP contribution in [0.5, 0.6) is 0 Å². The van der Waals surface area contributed by atoms with Gasteiger partial charge in [-0.25, -0.2) is 0 Å². The molecule has 1 aliphatic carbocycles. The molecule has 0 unspecified atom stereocenters. The van der Waals surface area contributed by atoms with Gasteiger partial charge >= 0.3 is 0 Å². The fraction of sp³-hybridized carbons (Fsp3) is 0.900. The topological polar surface area (TPSA) is 46.3 Å². The monoisotopic (exact) mass is 182 g/mol. The summed E-state index contributed by atoms with van der Waals surface area (Å²) in [5.41, 5.74) is 5.39. The first-order valence-electron chi connectivity index (χ1n) is 5.32. The summed E-state index contributed by atoms with van der Waals surface area (Å²) in [5.74, 6) is 0.931. The highest BCUT2D eigenvalue weighted by molar-refractivity contribution is 5.78. The van der Waals surface area contributed by atoms with Gasteiger partial charge in [0, 0.05) is 12.6 Å². The largest absolute Gasteiger partial charge is 0.338 e. The smallest absolute Gasteiger partial charge is 0.236 e. The quantitative estimate of drug-likeness (QED) is 0.650. The molecule has 1 amide bonds. The number of rotatable bonds is 1. The van der Waals surface area contributed by atoms with Crippen LogP contribution in [0, 0.1) is 5.92 Å². The van der Waals surface area contributed by atoms with Crippen molar-refractivity contribution in [1.82, 2.24) is 4.90 Å².